The number of anilines is 1. The lowest BCUT2D eigenvalue weighted by Crippen LogP contribution is -2.35. The van der Waals surface area contributed by atoms with Gasteiger partial charge in [0.25, 0.3) is 0 Å². The van der Waals surface area contributed by atoms with E-state index in [1.54, 1.807) is 12.1 Å². The van der Waals surface area contributed by atoms with E-state index < -0.39 is 16.1 Å². The number of nitrogens with zero attached hydrogens (tertiary/aromatic N) is 2. The number of benzene rings is 2. The van der Waals surface area contributed by atoms with Gasteiger partial charge in [-0.25, -0.2) is 12.8 Å². The average Bonchev–Trinajstić information content (AvgIpc) is 2.73. The van der Waals surface area contributed by atoms with Crippen molar-refractivity contribution in [1.82, 2.24) is 4.90 Å². The normalized spacial score (nSPS) is 18.6. The van der Waals surface area contributed by atoms with Crippen LogP contribution in [0, 0.1) is 5.82 Å². The van der Waals surface area contributed by atoms with E-state index in [2.05, 4.69) is 11.0 Å². The summed E-state index contributed by atoms with van der Waals surface area (Å²) >= 11 is 0. The maximum Gasteiger partial charge on any atom is 0.232 e. The summed E-state index contributed by atoms with van der Waals surface area (Å²) in [6, 6.07) is 12.2. The Morgan fingerprint density at radius 1 is 1.10 bits per heavy atom. The first-order valence-electron chi connectivity index (χ1n) is 10.3. The minimum atomic E-state index is -3.29. The molecule has 0 bridgehead atoms. The number of aryl methyl sites for hydroxylation is 1. The van der Waals surface area contributed by atoms with Crippen LogP contribution in [-0.4, -0.2) is 50.9 Å². The zero-order chi connectivity index (χ0) is 21.3. The van der Waals surface area contributed by atoms with Gasteiger partial charge in [-0.1, -0.05) is 30.3 Å². The predicted octanol–water partition coefficient (Wildman–Crippen LogP) is 3.36. The molecule has 0 fully saturated rings. The molecule has 160 valence electrons. The molecular weight excluding hydrogens is 403 g/mol. The summed E-state index contributed by atoms with van der Waals surface area (Å²) in [4.78, 5) is 2.19. The molecular formula is C23H27FN2O3S. The number of aliphatic hydroxyl groups is 1. The van der Waals surface area contributed by atoms with E-state index in [0.29, 0.717) is 13.1 Å². The molecule has 0 radical (unpaired) electrons. The first kappa shape index (κ1) is 21.0. The van der Waals surface area contributed by atoms with Gasteiger partial charge in [0.1, 0.15) is 5.82 Å². The molecule has 0 saturated carbocycles. The maximum atomic E-state index is 13.1. The van der Waals surface area contributed by atoms with Gasteiger partial charge in [0.15, 0.2) is 0 Å². The minimum Gasteiger partial charge on any atom is -0.387 e. The SMILES string of the molecule is CS(=O)(=O)N1CCCc2cc(C(O)CN3CC=C(c4ccc(F)cc4)CC3)ccc21. The van der Waals surface area contributed by atoms with Crippen LogP contribution in [0.4, 0.5) is 10.1 Å². The Balaban J connectivity index is 1.42. The molecule has 1 atom stereocenters. The standard InChI is InChI=1S/C23H27FN2O3S/c1-30(28,29)26-12-2-3-19-15-20(6-9-22(19)26)23(27)16-25-13-10-18(11-14-25)17-4-7-21(24)8-5-17/h4-10,15,23,27H,2-3,11-14,16H2,1H3. The van der Waals surface area contributed by atoms with E-state index in [1.807, 2.05) is 18.2 Å². The van der Waals surface area contributed by atoms with E-state index in [1.165, 1.54) is 28.3 Å². The van der Waals surface area contributed by atoms with Crippen LogP contribution < -0.4 is 4.31 Å². The number of hydrogen-bond donors (Lipinski definition) is 1. The van der Waals surface area contributed by atoms with Crippen molar-refractivity contribution in [2.75, 3.05) is 36.7 Å². The fraction of sp³-hybridized carbons (Fsp3) is 0.391. The van der Waals surface area contributed by atoms with E-state index in [0.717, 1.165) is 54.7 Å². The monoisotopic (exact) mass is 430 g/mol. The third kappa shape index (κ3) is 4.58. The molecule has 2 heterocycles. The van der Waals surface area contributed by atoms with E-state index in [-0.39, 0.29) is 5.82 Å². The summed E-state index contributed by atoms with van der Waals surface area (Å²) in [6.45, 7) is 2.58. The summed E-state index contributed by atoms with van der Waals surface area (Å²) in [6.07, 6.45) is 5.18. The highest BCUT2D eigenvalue weighted by Crippen LogP contribution is 2.32. The van der Waals surface area contributed by atoms with Crippen LogP contribution in [0.2, 0.25) is 0 Å². The zero-order valence-electron chi connectivity index (χ0n) is 17.1. The van der Waals surface area contributed by atoms with Crippen molar-refractivity contribution in [1.29, 1.82) is 0 Å². The smallest absolute Gasteiger partial charge is 0.232 e. The Morgan fingerprint density at radius 3 is 2.53 bits per heavy atom. The van der Waals surface area contributed by atoms with Gasteiger partial charge in [0.2, 0.25) is 10.0 Å². The number of fused-ring (bicyclic) bond motifs is 1. The summed E-state index contributed by atoms with van der Waals surface area (Å²) in [5, 5.41) is 10.8. The molecule has 2 aliphatic heterocycles. The van der Waals surface area contributed by atoms with Gasteiger partial charge in [-0.05, 0) is 59.7 Å². The Kier molecular flexibility index (Phi) is 5.95. The Labute approximate surface area is 177 Å². The van der Waals surface area contributed by atoms with Gasteiger partial charge < -0.3 is 5.11 Å². The average molecular weight is 431 g/mol. The second-order valence-electron chi connectivity index (χ2n) is 8.09. The molecule has 1 N–H and O–H groups in total. The number of hydrogen-bond acceptors (Lipinski definition) is 4. The van der Waals surface area contributed by atoms with Gasteiger partial charge in [-0.2, -0.15) is 0 Å². The molecule has 2 aromatic rings. The summed E-state index contributed by atoms with van der Waals surface area (Å²) in [7, 11) is -3.29. The summed E-state index contributed by atoms with van der Waals surface area (Å²) < 4.78 is 38.6. The first-order valence-corrected chi connectivity index (χ1v) is 12.1. The largest absolute Gasteiger partial charge is 0.387 e. The van der Waals surface area contributed by atoms with Crippen LogP contribution in [0.3, 0.4) is 0 Å². The van der Waals surface area contributed by atoms with Gasteiger partial charge in [-0.3, -0.25) is 9.21 Å². The first-order chi connectivity index (χ1) is 14.3. The molecule has 0 aliphatic carbocycles. The molecule has 30 heavy (non-hydrogen) atoms. The molecule has 0 aromatic heterocycles. The Morgan fingerprint density at radius 2 is 1.87 bits per heavy atom. The maximum absolute atomic E-state index is 13.1. The quantitative estimate of drug-likeness (QED) is 0.790. The van der Waals surface area contributed by atoms with E-state index in [4.69, 9.17) is 0 Å². The molecule has 0 spiro atoms. The number of aliphatic hydroxyl groups excluding tert-OH is 1. The lowest BCUT2D eigenvalue weighted by molar-refractivity contribution is 0.119. The fourth-order valence-electron chi connectivity index (χ4n) is 4.29. The zero-order valence-corrected chi connectivity index (χ0v) is 17.9. The topological polar surface area (TPSA) is 60.9 Å². The number of halogens is 1. The van der Waals surface area contributed by atoms with Crippen LogP contribution in [0.1, 0.15) is 35.6 Å². The predicted molar refractivity (Wildman–Crippen MR) is 117 cm³/mol. The Hall–Kier alpha value is -2.22. The molecule has 2 aliphatic rings. The Bertz CT molecular complexity index is 1050. The molecule has 0 amide bonds. The highest BCUT2D eigenvalue weighted by molar-refractivity contribution is 7.92. The van der Waals surface area contributed by atoms with Crippen LogP contribution in [-0.2, 0) is 16.4 Å². The second-order valence-corrected chi connectivity index (χ2v) is 10.00. The van der Waals surface area contributed by atoms with Crippen LogP contribution in [0.5, 0.6) is 0 Å². The number of β-amino-alcohol motifs (C(OH)–C–C–N with tert-alkyl or cyclic N) is 1. The number of sulfonamides is 1. The van der Waals surface area contributed by atoms with Gasteiger partial charge >= 0.3 is 0 Å². The van der Waals surface area contributed by atoms with E-state index in [9.17, 15) is 17.9 Å². The van der Waals surface area contributed by atoms with Crippen molar-refractivity contribution in [2.24, 2.45) is 0 Å². The van der Waals surface area contributed by atoms with Crippen LogP contribution in [0.15, 0.2) is 48.5 Å². The summed E-state index contributed by atoms with van der Waals surface area (Å²) in [5.41, 5.74) is 4.76. The van der Waals surface area contributed by atoms with Crippen molar-refractivity contribution in [3.63, 3.8) is 0 Å². The third-order valence-electron chi connectivity index (χ3n) is 5.90. The molecule has 2 aromatic carbocycles. The van der Waals surface area contributed by atoms with Gasteiger partial charge in [0, 0.05) is 26.2 Å². The van der Waals surface area contributed by atoms with Crippen molar-refractivity contribution in [2.45, 2.75) is 25.4 Å². The fourth-order valence-corrected chi connectivity index (χ4v) is 5.28. The van der Waals surface area contributed by atoms with Crippen LogP contribution >= 0.6 is 0 Å². The van der Waals surface area contributed by atoms with Crippen molar-refractivity contribution < 1.29 is 17.9 Å². The highest BCUT2D eigenvalue weighted by atomic mass is 32.2. The minimum absolute atomic E-state index is 0.232. The second kappa shape index (κ2) is 8.49. The van der Waals surface area contributed by atoms with Gasteiger partial charge in [-0.15, -0.1) is 0 Å². The van der Waals surface area contributed by atoms with E-state index >= 15 is 0 Å². The number of rotatable bonds is 5. The lowest BCUT2D eigenvalue weighted by Gasteiger charge is -2.31. The van der Waals surface area contributed by atoms with Gasteiger partial charge in [0.05, 0.1) is 18.0 Å². The molecule has 0 saturated heterocycles. The molecule has 5 nitrogen and oxygen atoms in total. The summed E-state index contributed by atoms with van der Waals surface area (Å²) in [5.74, 6) is -0.232. The highest BCUT2D eigenvalue weighted by Gasteiger charge is 2.25. The van der Waals surface area contributed by atoms with Crippen molar-refractivity contribution in [3.05, 3.63) is 71.0 Å². The van der Waals surface area contributed by atoms with Crippen LogP contribution in [0.25, 0.3) is 5.57 Å². The van der Waals surface area contributed by atoms with Crippen molar-refractivity contribution in [3.8, 4) is 0 Å². The molecule has 7 heteroatoms. The molecule has 1 unspecified atom stereocenters. The third-order valence-corrected chi connectivity index (χ3v) is 7.08. The van der Waals surface area contributed by atoms with Crippen molar-refractivity contribution >= 4 is 21.3 Å². The molecule has 4 rings (SSSR count). The lowest BCUT2D eigenvalue weighted by atomic mass is 9.97.